The van der Waals surface area contributed by atoms with Crippen molar-refractivity contribution in [1.29, 1.82) is 0 Å². The first-order valence-corrected chi connectivity index (χ1v) is 5.21. The van der Waals surface area contributed by atoms with Crippen molar-refractivity contribution in [3.05, 3.63) is 0 Å². The summed E-state index contributed by atoms with van der Waals surface area (Å²) in [4.78, 5) is 22.3. The van der Waals surface area contributed by atoms with E-state index in [2.05, 4.69) is 0 Å². The first-order chi connectivity index (χ1) is 6.81. The van der Waals surface area contributed by atoms with E-state index in [0.29, 0.717) is 13.0 Å². The first kappa shape index (κ1) is 13.9. The van der Waals surface area contributed by atoms with Gasteiger partial charge in [0, 0.05) is 0 Å². The Bertz CT molecular complexity index is 235. The molecule has 0 heterocycles. The third kappa shape index (κ3) is 4.81. The summed E-state index contributed by atoms with van der Waals surface area (Å²) in [6.45, 7) is 7.53. The molecule has 0 aliphatic rings. The van der Waals surface area contributed by atoms with Crippen LogP contribution >= 0.6 is 0 Å². The summed E-state index contributed by atoms with van der Waals surface area (Å²) in [7, 11) is 0. The van der Waals surface area contributed by atoms with E-state index in [1.165, 1.54) is 0 Å². The second-order valence-corrected chi connectivity index (χ2v) is 4.47. The molecule has 0 amide bonds. The average molecular weight is 216 g/mol. The van der Waals surface area contributed by atoms with E-state index in [1.54, 1.807) is 13.8 Å². The number of rotatable bonds is 6. The molecule has 1 unspecified atom stereocenters. The van der Waals surface area contributed by atoms with Crippen molar-refractivity contribution in [3.8, 4) is 0 Å². The molecule has 0 radical (unpaired) electrons. The number of hydrogen-bond donors (Lipinski definition) is 1. The highest BCUT2D eigenvalue weighted by Gasteiger charge is 2.34. The monoisotopic (exact) mass is 216 g/mol. The lowest BCUT2D eigenvalue weighted by molar-refractivity contribution is -0.158. The van der Waals surface area contributed by atoms with Gasteiger partial charge in [-0.15, -0.1) is 0 Å². The van der Waals surface area contributed by atoms with Crippen LogP contribution in [-0.4, -0.2) is 23.7 Å². The van der Waals surface area contributed by atoms with Crippen molar-refractivity contribution < 1.29 is 19.4 Å². The van der Waals surface area contributed by atoms with E-state index in [1.807, 2.05) is 13.8 Å². The predicted molar refractivity (Wildman–Crippen MR) is 56.4 cm³/mol. The summed E-state index contributed by atoms with van der Waals surface area (Å²) in [5.74, 6) is -1.12. The van der Waals surface area contributed by atoms with Crippen LogP contribution in [-0.2, 0) is 14.3 Å². The zero-order chi connectivity index (χ0) is 12.1. The number of hydrogen-bond acceptors (Lipinski definition) is 3. The third-order valence-electron chi connectivity index (χ3n) is 2.41. The molecule has 0 rings (SSSR count). The highest BCUT2D eigenvalue weighted by atomic mass is 16.5. The lowest BCUT2D eigenvalue weighted by atomic mass is 9.84. The minimum Gasteiger partial charge on any atom is -0.481 e. The van der Waals surface area contributed by atoms with Gasteiger partial charge in [-0.25, -0.2) is 0 Å². The van der Waals surface area contributed by atoms with Crippen LogP contribution in [0.3, 0.4) is 0 Å². The van der Waals surface area contributed by atoms with Crippen LogP contribution in [0.1, 0.15) is 40.5 Å². The molecule has 0 aromatic carbocycles. The Balaban J connectivity index is 4.19. The third-order valence-corrected chi connectivity index (χ3v) is 2.41. The fourth-order valence-corrected chi connectivity index (χ4v) is 0.981. The van der Waals surface area contributed by atoms with Crippen LogP contribution in [0.15, 0.2) is 0 Å². The van der Waals surface area contributed by atoms with Crippen molar-refractivity contribution >= 4 is 11.9 Å². The number of carbonyl (C=O) groups excluding carboxylic acids is 1. The summed E-state index contributed by atoms with van der Waals surface area (Å²) in [6.07, 6.45) is 0.352. The Morgan fingerprint density at radius 3 is 2.27 bits per heavy atom. The summed E-state index contributed by atoms with van der Waals surface area (Å²) < 4.78 is 4.95. The van der Waals surface area contributed by atoms with Crippen LogP contribution in [0.4, 0.5) is 0 Å². The molecule has 0 aromatic rings. The van der Waals surface area contributed by atoms with Crippen LogP contribution in [0.25, 0.3) is 0 Å². The molecule has 0 saturated carbocycles. The zero-order valence-corrected chi connectivity index (χ0v) is 9.87. The van der Waals surface area contributed by atoms with Gasteiger partial charge in [-0.3, -0.25) is 9.59 Å². The fraction of sp³-hybridized carbons (Fsp3) is 0.818. The summed E-state index contributed by atoms with van der Waals surface area (Å²) in [6, 6.07) is 0. The molecule has 1 atom stereocenters. The molecular weight excluding hydrogens is 196 g/mol. The molecule has 0 spiro atoms. The highest BCUT2D eigenvalue weighted by molar-refractivity contribution is 5.81. The minimum atomic E-state index is -1.01. The van der Waals surface area contributed by atoms with E-state index in [-0.39, 0.29) is 12.3 Å². The molecule has 88 valence electrons. The largest absolute Gasteiger partial charge is 0.481 e. The van der Waals surface area contributed by atoms with Gasteiger partial charge >= 0.3 is 11.9 Å². The smallest absolute Gasteiger partial charge is 0.309 e. The molecule has 0 fully saturated rings. The van der Waals surface area contributed by atoms with E-state index >= 15 is 0 Å². The second-order valence-electron chi connectivity index (χ2n) is 4.47. The van der Waals surface area contributed by atoms with Crippen molar-refractivity contribution in [2.24, 2.45) is 11.3 Å². The van der Waals surface area contributed by atoms with Gasteiger partial charge in [0.25, 0.3) is 0 Å². The molecule has 4 heteroatoms. The number of aliphatic carboxylic acids is 1. The van der Waals surface area contributed by atoms with Gasteiger partial charge in [0.15, 0.2) is 0 Å². The van der Waals surface area contributed by atoms with E-state index in [4.69, 9.17) is 9.84 Å². The lowest BCUT2D eigenvalue weighted by Gasteiger charge is -2.21. The Kier molecular flexibility index (Phi) is 5.33. The van der Waals surface area contributed by atoms with Gasteiger partial charge < -0.3 is 9.84 Å². The van der Waals surface area contributed by atoms with Crippen LogP contribution < -0.4 is 0 Å². The van der Waals surface area contributed by atoms with E-state index in [9.17, 15) is 9.59 Å². The lowest BCUT2D eigenvalue weighted by Crippen LogP contribution is -2.30. The molecule has 0 aliphatic heterocycles. The van der Waals surface area contributed by atoms with Crippen LogP contribution in [0.2, 0.25) is 0 Å². The van der Waals surface area contributed by atoms with Gasteiger partial charge in [-0.1, -0.05) is 20.8 Å². The quantitative estimate of drug-likeness (QED) is 0.690. The topological polar surface area (TPSA) is 63.6 Å². The summed E-state index contributed by atoms with van der Waals surface area (Å²) in [5, 5.41) is 8.95. The predicted octanol–water partition coefficient (Wildman–Crippen LogP) is 2.08. The van der Waals surface area contributed by atoms with Gasteiger partial charge in [0.2, 0.25) is 0 Å². The Morgan fingerprint density at radius 2 is 1.93 bits per heavy atom. The van der Waals surface area contributed by atoms with E-state index in [0.717, 1.165) is 0 Å². The molecule has 4 nitrogen and oxygen atoms in total. The molecule has 0 bridgehead atoms. The average Bonchev–Trinajstić information content (AvgIpc) is 2.14. The minimum absolute atomic E-state index is 0.0639. The summed E-state index contributed by atoms with van der Waals surface area (Å²) >= 11 is 0. The molecule has 0 aromatic heterocycles. The molecule has 1 N–H and O–H groups in total. The Labute approximate surface area is 90.6 Å². The fourth-order valence-electron chi connectivity index (χ4n) is 0.981. The van der Waals surface area contributed by atoms with E-state index < -0.39 is 17.4 Å². The molecular formula is C11H20O4. The van der Waals surface area contributed by atoms with Crippen LogP contribution in [0.5, 0.6) is 0 Å². The first-order valence-electron chi connectivity index (χ1n) is 5.21. The van der Waals surface area contributed by atoms with Gasteiger partial charge in [-0.2, -0.15) is 0 Å². The number of ether oxygens (including phenoxy) is 1. The highest BCUT2D eigenvalue weighted by Crippen LogP contribution is 2.26. The normalized spacial score (nSPS) is 14.7. The standard InChI is InChI=1S/C11H20O4/c1-5-11(4,10(13)14)6-9(12)15-7-8(2)3/h8H,5-7H2,1-4H3,(H,13,14). The number of esters is 1. The maximum absolute atomic E-state index is 11.3. The van der Waals surface area contributed by atoms with Crippen molar-refractivity contribution in [2.75, 3.05) is 6.61 Å². The molecule has 0 saturated heterocycles. The zero-order valence-electron chi connectivity index (χ0n) is 9.87. The van der Waals surface area contributed by atoms with Gasteiger partial charge in [-0.05, 0) is 19.3 Å². The Morgan fingerprint density at radius 1 is 1.40 bits per heavy atom. The maximum atomic E-state index is 11.3. The van der Waals surface area contributed by atoms with Gasteiger partial charge in [0.1, 0.15) is 0 Å². The number of carbonyl (C=O) groups is 2. The van der Waals surface area contributed by atoms with Gasteiger partial charge in [0.05, 0.1) is 18.4 Å². The SMILES string of the molecule is CCC(C)(CC(=O)OCC(C)C)C(=O)O. The number of carboxylic acid groups (broad SMARTS) is 1. The van der Waals surface area contributed by atoms with Crippen molar-refractivity contribution in [1.82, 2.24) is 0 Å². The molecule has 0 aliphatic carbocycles. The number of carboxylic acids is 1. The summed E-state index contributed by atoms with van der Waals surface area (Å²) in [5.41, 5.74) is -1.01. The Hall–Kier alpha value is -1.06. The maximum Gasteiger partial charge on any atom is 0.309 e. The van der Waals surface area contributed by atoms with Crippen molar-refractivity contribution in [2.45, 2.75) is 40.5 Å². The molecule has 15 heavy (non-hydrogen) atoms. The van der Waals surface area contributed by atoms with Crippen LogP contribution in [0, 0.1) is 11.3 Å². The second kappa shape index (κ2) is 5.73. The van der Waals surface area contributed by atoms with Crippen molar-refractivity contribution in [3.63, 3.8) is 0 Å².